The molecule has 0 spiro atoms. The molecular weight excluding hydrogens is 208 g/mol. The first-order valence-electron chi connectivity index (χ1n) is 6.98. The van der Waals surface area contributed by atoms with Gasteiger partial charge in [0.1, 0.15) is 0 Å². The maximum Gasteiger partial charge on any atom is 0.0847 e. The van der Waals surface area contributed by atoms with Crippen molar-refractivity contribution in [1.82, 2.24) is 0 Å². The van der Waals surface area contributed by atoms with E-state index in [0.29, 0.717) is 18.1 Å². The Balaban J connectivity index is 1.88. The second-order valence-corrected chi connectivity index (χ2v) is 5.25. The molecule has 2 rings (SSSR count). The zero-order chi connectivity index (χ0) is 12.3. The van der Waals surface area contributed by atoms with Crippen LogP contribution in [0.4, 0.5) is 0 Å². The van der Waals surface area contributed by atoms with Gasteiger partial charge in [-0.25, -0.2) is 0 Å². The van der Waals surface area contributed by atoms with E-state index in [1.54, 1.807) is 0 Å². The molecule has 1 heterocycles. The normalized spacial score (nSPS) is 24.6. The van der Waals surface area contributed by atoms with Crippen molar-refractivity contribution < 1.29 is 4.74 Å². The van der Waals surface area contributed by atoms with Crippen LogP contribution in [0.15, 0.2) is 24.3 Å². The molecule has 1 aromatic carbocycles. The SMILES string of the molecule is CCCc1ccc(C(C)CC2OC2CC)cc1. The molecule has 0 N–H and O–H groups in total. The second-order valence-electron chi connectivity index (χ2n) is 5.25. The fraction of sp³-hybridized carbons (Fsp3) is 0.625. The quantitative estimate of drug-likeness (QED) is 0.666. The monoisotopic (exact) mass is 232 g/mol. The van der Waals surface area contributed by atoms with Gasteiger partial charge in [0.15, 0.2) is 0 Å². The van der Waals surface area contributed by atoms with E-state index in [1.807, 2.05) is 0 Å². The van der Waals surface area contributed by atoms with Crippen molar-refractivity contribution in [2.24, 2.45) is 0 Å². The average molecular weight is 232 g/mol. The van der Waals surface area contributed by atoms with Gasteiger partial charge in [0.05, 0.1) is 12.2 Å². The summed E-state index contributed by atoms with van der Waals surface area (Å²) in [5.41, 5.74) is 2.91. The predicted octanol–water partition coefficient (Wildman–Crippen LogP) is 4.31. The summed E-state index contributed by atoms with van der Waals surface area (Å²) >= 11 is 0. The largest absolute Gasteiger partial charge is 0.370 e. The number of aryl methyl sites for hydroxylation is 1. The highest BCUT2D eigenvalue weighted by Gasteiger charge is 2.37. The van der Waals surface area contributed by atoms with Crippen LogP contribution in [-0.4, -0.2) is 12.2 Å². The average Bonchev–Trinajstić information content (AvgIpc) is 3.09. The van der Waals surface area contributed by atoms with Gasteiger partial charge >= 0.3 is 0 Å². The minimum atomic E-state index is 0.519. The Kier molecular flexibility index (Phi) is 4.22. The molecule has 3 unspecified atom stereocenters. The molecule has 3 atom stereocenters. The molecule has 1 aromatic rings. The van der Waals surface area contributed by atoms with Gasteiger partial charge in [-0.05, 0) is 36.3 Å². The zero-order valence-corrected chi connectivity index (χ0v) is 11.3. The predicted molar refractivity (Wildman–Crippen MR) is 72.4 cm³/mol. The fourth-order valence-corrected chi connectivity index (χ4v) is 2.53. The van der Waals surface area contributed by atoms with E-state index < -0.39 is 0 Å². The highest BCUT2D eigenvalue weighted by Crippen LogP contribution is 2.34. The molecule has 0 aliphatic carbocycles. The van der Waals surface area contributed by atoms with Gasteiger partial charge in [-0.1, -0.05) is 51.5 Å². The molecule has 1 nitrogen and oxygen atoms in total. The summed E-state index contributed by atoms with van der Waals surface area (Å²) in [7, 11) is 0. The van der Waals surface area contributed by atoms with E-state index in [9.17, 15) is 0 Å². The van der Waals surface area contributed by atoms with Gasteiger partial charge < -0.3 is 4.74 Å². The van der Waals surface area contributed by atoms with Gasteiger partial charge in [0.25, 0.3) is 0 Å². The van der Waals surface area contributed by atoms with Crippen LogP contribution in [-0.2, 0) is 11.2 Å². The molecular formula is C16H24O. The van der Waals surface area contributed by atoms with E-state index in [4.69, 9.17) is 4.74 Å². The maximum atomic E-state index is 5.62. The third-order valence-corrected chi connectivity index (χ3v) is 3.76. The third kappa shape index (κ3) is 3.32. The lowest BCUT2D eigenvalue weighted by molar-refractivity contribution is 0.353. The number of epoxide rings is 1. The van der Waals surface area contributed by atoms with Crippen LogP contribution < -0.4 is 0 Å². The Morgan fingerprint density at radius 2 is 1.82 bits per heavy atom. The molecule has 17 heavy (non-hydrogen) atoms. The Bertz CT molecular complexity index is 341. The fourth-order valence-electron chi connectivity index (χ4n) is 2.53. The first-order valence-corrected chi connectivity index (χ1v) is 6.98. The van der Waals surface area contributed by atoms with Crippen molar-refractivity contribution >= 4 is 0 Å². The van der Waals surface area contributed by atoms with Gasteiger partial charge in [-0.3, -0.25) is 0 Å². The molecule has 0 aromatic heterocycles. The highest BCUT2D eigenvalue weighted by atomic mass is 16.6. The van der Waals surface area contributed by atoms with Crippen molar-refractivity contribution in [3.8, 4) is 0 Å². The lowest BCUT2D eigenvalue weighted by Crippen LogP contribution is -2.01. The van der Waals surface area contributed by atoms with Crippen LogP contribution in [0.3, 0.4) is 0 Å². The van der Waals surface area contributed by atoms with Crippen LogP contribution in [0.25, 0.3) is 0 Å². The Hall–Kier alpha value is -0.820. The summed E-state index contributed by atoms with van der Waals surface area (Å²) in [6.07, 6.45) is 5.81. The van der Waals surface area contributed by atoms with Gasteiger partial charge in [-0.2, -0.15) is 0 Å². The molecule has 0 amide bonds. The number of hydrogen-bond donors (Lipinski definition) is 0. The minimum absolute atomic E-state index is 0.519. The molecule has 0 radical (unpaired) electrons. The van der Waals surface area contributed by atoms with Crippen molar-refractivity contribution in [3.05, 3.63) is 35.4 Å². The van der Waals surface area contributed by atoms with Crippen LogP contribution in [0.5, 0.6) is 0 Å². The van der Waals surface area contributed by atoms with E-state index in [0.717, 1.165) is 6.42 Å². The second kappa shape index (κ2) is 5.68. The van der Waals surface area contributed by atoms with Gasteiger partial charge in [-0.15, -0.1) is 0 Å². The summed E-state index contributed by atoms with van der Waals surface area (Å²) in [5, 5.41) is 0. The van der Waals surface area contributed by atoms with Crippen LogP contribution in [0, 0.1) is 0 Å². The number of hydrogen-bond acceptors (Lipinski definition) is 1. The number of benzene rings is 1. The van der Waals surface area contributed by atoms with Crippen LogP contribution in [0.2, 0.25) is 0 Å². The highest BCUT2D eigenvalue weighted by molar-refractivity contribution is 5.25. The van der Waals surface area contributed by atoms with Crippen molar-refractivity contribution in [2.75, 3.05) is 0 Å². The summed E-state index contributed by atoms with van der Waals surface area (Å²) in [6, 6.07) is 9.14. The Morgan fingerprint density at radius 1 is 1.12 bits per heavy atom. The van der Waals surface area contributed by atoms with E-state index in [1.165, 1.54) is 30.4 Å². The molecule has 1 aliphatic rings. The Morgan fingerprint density at radius 3 is 2.35 bits per heavy atom. The van der Waals surface area contributed by atoms with E-state index >= 15 is 0 Å². The van der Waals surface area contributed by atoms with Gasteiger partial charge in [0.2, 0.25) is 0 Å². The molecule has 94 valence electrons. The van der Waals surface area contributed by atoms with Crippen LogP contribution >= 0.6 is 0 Å². The standard InChI is InChI=1S/C16H24O/c1-4-6-13-7-9-14(10-8-13)12(3)11-16-15(5-2)17-16/h7-10,12,15-16H,4-6,11H2,1-3H3. The molecule has 0 saturated carbocycles. The molecule has 1 heteroatoms. The van der Waals surface area contributed by atoms with E-state index in [2.05, 4.69) is 45.0 Å². The first-order chi connectivity index (χ1) is 8.24. The molecule has 1 aliphatic heterocycles. The van der Waals surface area contributed by atoms with Crippen LogP contribution in [0.1, 0.15) is 57.1 Å². The van der Waals surface area contributed by atoms with Crippen molar-refractivity contribution in [1.29, 1.82) is 0 Å². The lowest BCUT2D eigenvalue weighted by atomic mass is 9.94. The molecule has 1 fully saturated rings. The number of rotatable bonds is 6. The summed E-state index contributed by atoms with van der Waals surface area (Å²) in [5.74, 6) is 0.618. The molecule has 1 saturated heterocycles. The first kappa shape index (κ1) is 12.6. The molecule has 0 bridgehead atoms. The zero-order valence-electron chi connectivity index (χ0n) is 11.3. The summed E-state index contributed by atoms with van der Waals surface area (Å²) in [6.45, 7) is 6.74. The third-order valence-electron chi connectivity index (χ3n) is 3.76. The lowest BCUT2D eigenvalue weighted by Gasteiger charge is -2.11. The Labute approximate surface area is 105 Å². The van der Waals surface area contributed by atoms with E-state index in [-0.39, 0.29) is 0 Å². The smallest absolute Gasteiger partial charge is 0.0847 e. The summed E-state index contributed by atoms with van der Waals surface area (Å²) in [4.78, 5) is 0. The van der Waals surface area contributed by atoms with Crippen molar-refractivity contribution in [3.63, 3.8) is 0 Å². The topological polar surface area (TPSA) is 12.5 Å². The number of ether oxygens (including phenoxy) is 1. The summed E-state index contributed by atoms with van der Waals surface area (Å²) < 4.78 is 5.62. The minimum Gasteiger partial charge on any atom is -0.370 e. The van der Waals surface area contributed by atoms with Gasteiger partial charge in [0, 0.05) is 0 Å². The van der Waals surface area contributed by atoms with Crippen molar-refractivity contribution in [2.45, 2.75) is 64.6 Å². The maximum absolute atomic E-state index is 5.62.